The monoisotopic (exact) mass is 961 g/mol. The molecule has 0 radical (unpaired) electrons. The molecular formula is C63H108O6. The Labute approximate surface area is 426 Å². The van der Waals surface area contributed by atoms with Gasteiger partial charge in [-0.15, -0.1) is 0 Å². The summed E-state index contributed by atoms with van der Waals surface area (Å²) in [6, 6.07) is 0. The van der Waals surface area contributed by atoms with Crippen LogP contribution in [0.5, 0.6) is 0 Å². The molecule has 0 aliphatic carbocycles. The number of hydrogen-bond donors (Lipinski definition) is 0. The van der Waals surface area contributed by atoms with E-state index in [1.165, 1.54) is 128 Å². The largest absolute Gasteiger partial charge is 0.462 e. The Kier molecular flexibility index (Phi) is 54.3. The van der Waals surface area contributed by atoms with E-state index in [4.69, 9.17) is 14.2 Å². The zero-order chi connectivity index (χ0) is 50.0. The average Bonchev–Trinajstić information content (AvgIpc) is 3.35. The summed E-state index contributed by atoms with van der Waals surface area (Å²) in [5.74, 6) is -0.947. The standard InChI is InChI=1S/C63H108O6/c1-4-7-10-13-16-19-22-25-28-29-30-31-32-33-36-39-42-45-48-51-54-57-63(66)69-60(58-67-61(64)55-52-49-46-43-40-37-34-26-23-20-17-14-11-8-5-2)59-68-62(65)56-53-50-47-44-41-38-35-27-24-21-18-15-12-9-6-3/h8,11,17-18,20-21,25-28,34-35,40,43,60H,4-7,9-10,12-16,19,22-24,29-33,36-39,41-42,44-59H2,1-3H3/b11-8-,20-17-,21-18-,28-25-,34-26-,35-27-,43-40-/t60-/m1/s1. The van der Waals surface area contributed by atoms with E-state index >= 15 is 0 Å². The van der Waals surface area contributed by atoms with E-state index in [-0.39, 0.29) is 31.1 Å². The molecule has 0 saturated heterocycles. The summed E-state index contributed by atoms with van der Waals surface area (Å²) in [5.41, 5.74) is 0. The van der Waals surface area contributed by atoms with Gasteiger partial charge in [-0.25, -0.2) is 0 Å². The summed E-state index contributed by atoms with van der Waals surface area (Å²) in [5, 5.41) is 0. The SMILES string of the molecule is CC/C=C\C/C=C\C/C=C\C/C=C\CCCCC(=O)OC[C@H](COC(=O)CCCCCCC/C=C\C/C=C\CCCCC)OC(=O)CCCCCCCCCCCCC/C=C\CCCCCCCC. The van der Waals surface area contributed by atoms with Gasteiger partial charge in [0.15, 0.2) is 6.10 Å². The van der Waals surface area contributed by atoms with Crippen LogP contribution >= 0.6 is 0 Å². The first kappa shape index (κ1) is 65.6. The van der Waals surface area contributed by atoms with Gasteiger partial charge in [0.25, 0.3) is 0 Å². The number of allylic oxidation sites excluding steroid dienone is 14. The molecule has 396 valence electrons. The smallest absolute Gasteiger partial charge is 0.306 e. The lowest BCUT2D eigenvalue weighted by atomic mass is 10.0. The van der Waals surface area contributed by atoms with E-state index in [2.05, 4.69) is 106 Å². The van der Waals surface area contributed by atoms with Crippen LogP contribution in [0, 0.1) is 0 Å². The second-order valence-electron chi connectivity index (χ2n) is 19.2. The van der Waals surface area contributed by atoms with Crippen molar-refractivity contribution >= 4 is 17.9 Å². The average molecular weight is 962 g/mol. The highest BCUT2D eigenvalue weighted by Crippen LogP contribution is 2.15. The molecule has 0 heterocycles. The normalized spacial score (nSPS) is 12.7. The highest BCUT2D eigenvalue weighted by molar-refractivity contribution is 5.71. The van der Waals surface area contributed by atoms with E-state index in [0.29, 0.717) is 19.3 Å². The maximum Gasteiger partial charge on any atom is 0.306 e. The maximum absolute atomic E-state index is 12.9. The van der Waals surface area contributed by atoms with Gasteiger partial charge in [0, 0.05) is 19.3 Å². The first-order valence-electron chi connectivity index (χ1n) is 29.1. The van der Waals surface area contributed by atoms with E-state index in [1.807, 2.05) is 0 Å². The Morgan fingerprint density at radius 1 is 0.304 bits per heavy atom. The minimum absolute atomic E-state index is 0.0969. The number of ether oxygens (including phenoxy) is 3. The lowest BCUT2D eigenvalue weighted by molar-refractivity contribution is -0.167. The lowest BCUT2D eigenvalue weighted by Gasteiger charge is -2.18. The van der Waals surface area contributed by atoms with Crippen molar-refractivity contribution in [3.63, 3.8) is 0 Å². The summed E-state index contributed by atoms with van der Waals surface area (Å²) < 4.78 is 16.8. The molecule has 69 heavy (non-hydrogen) atoms. The molecule has 0 rings (SSSR count). The molecule has 0 aliphatic rings. The number of carbonyl (C=O) groups excluding carboxylic acids is 3. The summed E-state index contributed by atoms with van der Waals surface area (Å²) in [7, 11) is 0. The van der Waals surface area contributed by atoms with Crippen LogP contribution in [0.2, 0.25) is 0 Å². The third-order valence-corrected chi connectivity index (χ3v) is 12.4. The van der Waals surface area contributed by atoms with Crippen molar-refractivity contribution in [2.45, 2.75) is 284 Å². The molecular weight excluding hydrogens is 853 g/mol. The van der Waals surface area contributed by atoms with Crippen LogP contribution in [0.1, 0.15) is 278 Å². The molecule has 0 fully saturated rings. The molecule has 6 heteroatoms. The molecule has 0 unspecified atom stereocenters. The Bertz CT molecular complexity index is 1330. The fourth-order valence-electron chi connectivity index (χ4n) is 7.99. The molecule has 6 nitrogen and oxygen atoms in total. The van der Waals surface area contributed by atoms with Gasteiger partial charge in [0.05, 0.1) is 0 Å². The minimum Gasteiger partial charge on any atom is -0.462 e. The van der Waals surface area contributed by atoms with Crippen molar-refractivity contribution < 1.29 is 28.6 Å². The van der Waals surface area contributed by atoms with Crippen LogP contribution in [0.25, 0.3) is 0 Å². The van der Waals surface area contributed by atoms with Crippen molar-refractivity contribution in [1.29, 1.82) is 0 Å². The van der Waals surface area contributed by atoms with Gasteiger partial charge in [0.1, 0.15) is 13.2 Å². The van der Waals surface area contributed by atoms with E-state index in [9.17, 15) is 14.4 Å². The van der Waals surface area contributed by atoms with Crippen LogP contribution in [0.4, 0.5) is 0 Å². The third kappa shape index (κ3) is 55.4. The predicted molar refractivity (Wildman–Crippen MR) is 297 cm³/mol. The third-order valence-electron chi connectivity index (χ3n) is 12.4. The number of carbonyl (C=O) groups is 3. The first-order valence-corrected chi connectivity index (χ1v) is 29.1. The molecule has 0 bridgehead atoms. The second-order valence-corrected chi connectivity index (χ2v) is 19.2. The maximum atomic E-state index is 12.9. The highest BCUT2D eigenvalue weighted by Gasteiger charge is 2.19. The van der Waals surface area contributed by atoms with E-state index in [1.54, 1.807) is 0 Å². The molecule has 1 atom stereocenters. The van der Waals surface area contributed by atoms with Gasteiger partial charge in [-0.1, -0.05) is 228 Å². The van der Waals surface area contributed by atoms with Crippen molar-refractivity contribution in [3.8, 4) is 0 Å². The van der Waals surface area contributed by atoms with Gasteiger partial charge in [-0.3, -0.25) is 14.4 Å². The van der Waals surface area contributed by atoms with Crippen molar-refractivity contribution in [3.05, 3.63) is 85.1 Å². The molecule has 0 aromatic heterocycles. The zero-order valence-electron chi connectivity index (χ0n) is 45.3. The topological polar surface area (TPSA) is 78.9 Å². The van der Waals surface area contributed by atoms with E-state index < -0.39 is 6.10 Å². The van der Waals surface area contributed by atoms with Gasteiger partial charge < -0.3 is 14.2 Å². The van der Waals surface area contributed by atoms with Crippen LogP contribution in [0.3, 0.4) is 0 Å². The predicted octanol–water partition coefficient (Wildman–Crippen LogP) is 19.5. The number of rotatable bonds is 52. The van der Waals surface area contributed by atoms with Crippen molar-refractivity contribution in [2.24, 2.45) is 0 Å². The number of esters is 3. The Balaban J connectivity index is 4.42. The fraction of sp³-hybridized carbons (Fsp3) is 0.730. The molecule has 0 spiro atoms. The summed E-state index contributed by atoms with van der Waals surface area (Å²) in [4.78, 5) is 38.1. The molecule has 0 aromatic rings. The number of hydrogen-bond acceptors (Lipinski definition) is 6. The van der Waals surface area contributed by atoms with Crippen LogP contribution < -0.4 is 0 Å². The van der Waals surface area contributed by atoms with E-state index in [0.717, 1.165) is 109 Å². The molecule has 0 aliphatic heterocycles. The fourth-order valence-corrected chi connectivity index (χ4v) is 7.99. The van der Waals surface area contributed by atoms with Crippen LogP contribution in [-0.2, 0) is 28.6 Å². The molecule has 0 N–H and O–H groups in total. The molecule has 0 amide bonds. The second kappa shape index (κ2) is 57.2. The summed E-state index contributed by atoms with van der Waals surface area (Å²) >= 11 is 0. The van der Waals surface area contributed by atoms with Gasteiger partial charge in [0.2, 0.25) is 0 Å². The lowest BCUT2D eigenvalue weighted by Crippen LogP contribution is -2.30. The van der Waals surface area contributed by atoms with Crippen LogP contribution in [-0.4, -0.2) is 37.2 Å². The summed E-state index contributed by atoms with van der Waals surface area (Å²) in [6.07, 6.45) is 74.3. The summed E-state index contributed by atoms with van der Waals surface area (Å²) in [6.45, 7) is 6.46. The quantitative estimate of drug-likeness (QED) is 0.0262. The van der Waals surface area contributed by atoms with Gasteiger partial charge >= 0.3 is 17.9 Å². The van der Waals surface area contributed by atoms with Gasteiger partial charge in [-0.2, -0.15) is 0 Å². The van der Waals surface area contributed by atoms with Gasteiger partial charge in [-0.05, 0) is 116 Å². The van der Waals surface area contributed by atoms with Crippen molar-refractivity contribution in [2.75, 3.05) is 13.2 Å². The Morgan fingerprint density at radius 2 is 0.565 bits per heavy atom. The Hall–Kier alpha value is -3.41. The van der Waals surface area contributed by atoms with Crippen LogP contribution in [0.15, 0.2) is 85.1 Å². The molecule has 0 saturated carbocycles. The highest BCUT2D eigenvalue weighted by atomic mass is 16.6. The Morgan fingerprint density at radius 3 is 0.957 bits per heavy atom. The van der Waals surface area contributed by atoms with Crippen molar-refractivity contribution in [1.82, 2.24) is 0 Å². The zero-order valence-corrected chi connectivity index (χ0v) is 45.3. The minimum atomic E-state index is -0.800. The number of unbranched alkanes of at least 4 members (excludes halogenated alkanes) is 27. The molecule has 0 aromatic carbocycles. The first-order chi connectivity index (χ1) is 34.0.